The van der Waals surface area contributed by atoms with Gasteiger partial charge in [-0.25, -0.2) is 8.78 Å². The number of hydrogen-bond donors (Lipinski definition) is 0. The summed E-state index contributed by atoms with van der Waals surface area (Å²) in [5, 5.41) is 0.276. The van der Waals surface area contributed by atoms with Gasteiger partial charge in [-0.1, -0.05) is 35.1 Å². The molecule has 1 heterocycles. The van der Waals surface area contributed by atoms with E-state index in [0.29, 0.717) is 4.70 Å². The van der Waals surface area contributed by atoms with E-state index in [1.54, 1.807) is 24.3 Å². The smallest absolute Gasteiger partial charge is 0.281 e. The standard InChI is InChI=1S/C17H13ClF2N2O2S/c1-24-7-6-22-15-13(20)8-10(19)9-14(15)25-17(22)21-16(23)11-4-2-3-5-12(11)18/h2-5,8-9H,6-7H2,1H3. The lowest BCUT2D eigenvalue weighted by atomic mass is 10.2. The lowest BCUT2D eigenvalue weighted by Crippen LogP contribution is -2.20. The lowest BCUT2D eigenvalue weighted by molar-refractivity contribution is 0.0997. The van der Waals surface area contributed by atoms with Crippen LogP contribution in [0.25, 0.3) is 10.2 Å². The summed E-state index contributed by atoms with van der Waals surface area (Å²) in [6.45, 7) is 0.559. The third-order valence-corrected chi connectivity index (χ3v) is 4.87. The third-order valence-electron chi connectivity index (χ3n) is 3.52. The molecule has 4 nitrogen and oxygen atoms in total. The summed E-state index contributed by atoms with van der Waals surface area (Å²) in [7, 11) is 1.51. The van der Waals surface area contributed by atoms with E-state index in [-0.39, 0.29) is 34.1 Å². The highest BCUT2D eigenvalue weighted by molar-refractivity contribution is 7.16. The van der Waals surface area contributed by atoms with Gasteiger partial charge >= 0.3 is 0 Å². The first-order valence-corrected chi connectivity index (χ1v) is 8.51. The SMILES string of the molecule is COCCn1c(=NC(=O)c2ccccc2Cl)sc2cc(F)cc(F)c21. The molecule has 3 rings (SSSR count). The van der Waals surface area contributed by atoms with Crippen LogP contribution in [-0.2, 0) is 11.3 Å². The van der Waals surface area contributed by atoms with Gasteiger partial charge in [0, 0.05) is 19.7 Å². The Bertz CT molecular complexity index is 1010. The van der Waals surface area contributed by atoms with Gasteiger partial charge in [-0.05, 0) is 18.2 Å². The molecule has 3 aromatic rings. The van der Waals surface area contributed by atoms with Crippen LogP contribution in [0, 0.1) is 11.6 Å². The summed E-state index contributed by atoms with van der Waals surface area (Å²) in [4.78, 5) is 16.7. The van der Waals surface area contributed by atoms with Gasteiger partial charge in [-0.15, -0.1) is 0 Å². The van der Waals surface area contributed by atoms with Crippen molar-refractivity contribution in [3.8, 4) is 0 Å². The fraction of sp³-hybridized carbons (Fsp3) is 0.176. The summed E-state index contributed by atoms with van der Waals surface area (Å²) < 4.78 is 34.6. The van der Waals surface area contributed by atoms with Crippen molar-refractivity contribution in [3.05, 3.63) is 63.4 Å². The molecule has 0 fully saturated rings. The van der Waals surface area contributed by atoms with Crippen LogP contribution in [0.3, 0.4) is 0 Å². The summed E-state index contributed by atoms with van der Waals surface area (Å²) in [5.41, 5.74) is 0.431. The van der Waals surface area contributed by atoms with Gasteiger partial charge in [-0.3, -0.25) is 4.79 Å². The summed E-state index contributed by atoms with van der Waals surface area (Å²) in [6, 6.07) is 8.54. The molecule has 25 heavy (non-hydrogen) atoms. The van der Waals surface area contributed by atoms with E-state index >= 15 is 0 Å². The Hall–Kier alpha value is -2.09. The topological polar surface area (TPSA) is 43.6 Å². The van der Waals surface area contributed by atoms with E-state index in [9.17, 15) is 13.6 Å². The number of rotatable bonds is 4. The zero-order valence-electron chi connectivity index (χ0n) is 13.1. The van der Waals surface area contributed by atoms with Crippen molar-refractivity contribution in [2.24, 2.45) is 4.99 Å². The second kappa shape index (κ2) is 7.43. The highest BCUT2D eigenvalue weighted by atomic mass is 35.5. The molecule has 0 spiro atoms. The second-order valence-corrected chi connectivity index (χ2v) is 6.58. The largest absolute Gasteiger partial charge is 0.383 e. The van der Waals surface area contributed by atoms with Gasteiger partial charge in [0.15, 0.2) is 10.6 Å². The van der Waals surface area contributed by atoms with Crippen LogP contribution >= 0.6 is 22.9 Å². The van der Waals surface area contributed by atoms with E-state index < -0.39 is 17.5 Å². The molecular weight excluding hydrogens is 370 g/mol. The molecule has 0 atom stereocenters. The van der Waals surface area contributed by atoms with Gasteiger partial charge in [0.2, 0.25) is 0 Å². The number of benzene rings is 2. The maximum absolute atomic E-state index is 14.2. The zero-order valence-corrected chi connectivity index (χ0v) is 14.7. The fourth-order valence-corrected chi connectivity index (χ4v) is 3.70. The van der Waals surface area contributed by atoms with Crippen molar-refractivity contribution in [1.29, 1.82) is 0 Å². The van der Waals surface area contributed by atoms with Crippen LogP contribution in [0.4, 0.5) is 8.78 Å². The summed E-state index contributed by atoms with van der Waals surface area (Å²) in [5.74, 6) is -1.95. The average molecular weight is 383 g/mol. The first-order valence-electron chi connectivity index (χ1n) is 7.32. The maximum Gasteiger partial charge on any atom is 0.281 e. The van der Waals surface area contributed by atoms with Crippen molar-refractivity contribution < 1.29 is 18.3 Å². The molecule has 0 bridgehead atoms. The number of thiazole rings is 1. The first kappa shape index (κ1) is 17.7. The predicted molar refractivity (Wildman–Crippen MR) is 93.0 cm³/mol. The van der Waals surface area contributed by atoms with Gasteiger partial charge in [0.1, 0.15) is 5.82 Å². The van der Waals surface area contributed by atoms with Crippen molar-refractivity contribution in [2.75, 3.05) is 13.7 Å². The van der Waals surface area contributed by atoms with Crippen LogP contribution in [0.1, 0.15) is 10.4 Å². The van der Waals surface area contributed by atoms with Crippen molar-refractivity contribution in [3.63, 3.8) is 0 Å². The molecule has 130 valence electrons. The number of nitrogens with zero attached hydrogens (tertiary/aromatic N) is 2. The fourth-order valence-electron chi connectivity index (χ4n) is 2.39. The Balaban J connectivity index is 2.19. The van der Waals surface area contributed by atoms with E-state index in [4.69, 9.17) is 16.3 Å². The molecule has 0 aliphatic carbocycles. The van der Waals surface area contributed by atoms with E-state index in [1.807, 2.05) is 0 Å². The monoisotopic (exact) mass is 382 g/mol. The van der Waals surface area contributed by atoms with Crippen molar-refractivity contribution in [1.82, 2.24) is 4.57 Å². The van der Waals surface area contributed by atoms with E-state index in [2.05, 4.69) is 4.99 Å². The normalized spacial score (nSPS) is 12.1. The zero-order chi connectivity index (χ0) is 18.0. The lowest BCUT2D eigenvalue weighted by Gasteiger charge is -2.05. The highest BCUT2D eigenvalue weighted by Crippen LogP contribution is 2.23. The Morgan fingerprint density at radius 3 is 2.80 bits per heavy atom. The molecule has 0 aliphatic rings. The summed E-state index contributed by atoms with van der Waals surface area (Å²) in [6.07, 6.45) is 0. The van der Waals surface area contributed by atoms with Gasteiger partial charge in [0.05, 0.1) is 27.4 Å². The molecular formula is C17H13ClF2N2O2S. The number of carbonyl (C=O) groups excluding carboxylic acids is 1. The third kappa shape index (κ3) is 3.63. The van der Waals surface area contributed by atoms with Crippen molar-refractivity contribution >= 4 is 39.1 Å². The molecule has 8 heteroatoms. The van der Waals surface area contributed by atoms with Crippen LogP contribution in [0.2, 0.25) is 5.02 Å². The number of halogens is 3. The number of amides is 1. The molecule has 0 unspecified atom stereocenters. The number of fused-ring (bicyclic) bond motifs is 1. The average Bonchev–Trinajstić information content (AvgIpc) is 2.90. The Morgan fingerprint density at radius 1 is 1.32 bits per heavy atom. The maximum atomic E-state index is 14.2. The quantitative estimate of drug-likeness (QED) is 0.684. The highest BCUT2D eigenvalue weighted by Gasteiger charge is 2.15. The van der Waals surface area contributed by atoms with E-state index in [1.165, 1.54) is 17.7 Å². The minimum atomic E-state index is -0.714. The van der Waals surface area contributed by atoms with Gasteiger partial charge in [0.25, 0.3) is 5.91 Å². The van der Waals surface area contributed by atoms with Crippen LogP contribution in [0.15, 0.2) is 41.4 Å². The van der Waals surface area contributed by atoms with Crippen LogP contribution < -0.4 is 4.80 Å². The number of methoxy groups -OCH3 is 1. The predicted octanol–water partition coefficient (Wildman–Crippen LogP) is 4.02. The Labute approximate surface area is 151 Å². The summed E-state index contributed by atoms with van der Waals surface area (Å²) >= 11 is 7.05. The molecule has 0 radical (unpaired) electrons. The molecule has 0 N–H and O–H groups in total. The Kier molecular flexibility index (Phi) is 5.27. The van der Waals surface area contributed by atoms with Crippen LogP contribution in [-0.4, -0.2) is 24.2 Å². The van der Waals surface area contributed by atoms with Gasteiger partial charge < -0.3 is 9.30 Å². The van der Waals surface area contributed by atoms with Crippen LogP contribution in [0.5, 0.6) is 0 Å². The Morgan fingerprint density at radius 2 is 2.08 bits per heavy atom. The van der Waals surface area contributed by atoms with Crippen molar-refractivity contribution in [2.45, 2.75) is 6.54 Å². The minimum Gasteiger partial charge on any atom is -0.383 e. The van der Waals surface area contributed by atoms with E-state index in [0.717, 1.165) is 17.4 Å². The molecule has 1 amide bonds. The second-order valence-electron chi connectivity index (χ2n) is 5.16. The van der Waals surface area contributed by atoms with Gasteiger partial charge in [-0.2, -0.15) is 4.99 Å². The minimum absolute atomic E-state index is 0.189. The molecule has 1 aromatic heterocycles. The number of carbonyl (C=O) groups is 1. The number of hydrogen-bond acceptors (Lipinski definition) is 3. The number of aromatic nitrogens is 1. The molecule has 0 saturated carbocycles. The number of ether oxygens (including phenoxy) is 1. The first-order chi connectivity index (χ1) is 12.0. The molecule has 0 saturated heterocycles. The molecule has 2 aromatic carbocycles. The molecule has 0 aliphatic heterocycles.